The lowest BCUT2D eigenvalue weighted by atomic mass is 9.98. The van der Waals surface area contributed by atoms with Crippen molar-refractivity contribution in [3.8, 4) is 0 Å². The molecule has 2 atom stereocenters. The molecule has 0 aliphatic carbocycles. The second-order valence-corrected chi connectivity index (χ2v) is 8.23. The predicted molar refractivity (Wildman–Crippen MR) is 109 cm³/mol. The van der Waals surface area contributed by atoms with Crippen LogP contribution in [0.3, 0.4) is 0 Å². The minimum atomic E-state index is -0.401. The van der Waals surface area contributed by atoms with Crippen LogP contribution >= 0.6 is 0 Å². The highest BCUT2D eigenvalue weighted by molar-refractivity contribution is 5.86. The third kappa shape index (κ3) is 12.4. The molecule has 0 rings (SSSR count). The molecule has 0 heterocycles. The van der Waals surface area contributed by atoms with Crippen LogP contribution in [0.15, 0.2) is 0 Å². The van der Waals surface area contributed by atoms with Gasteiger partial charge in [-0.25, -0.2) is 0 Å². The maximum absolute atomic E-state index is 12.3. The second kappa shape index (κ2) is 13.5. The molecule has 0 bridgehead atoms. The molecule has 0 aromatic rings. The SMILES string of the molecule is CC(C)C[C@H](C)C(=O)N(C)CC(=O)NC[C@@H](CCCCNC(C)C)C(N)=O. The van der Waals surface area contributed by atoms with Gasteiger partial charge in [0.05, 0.1) is 12.5 Å². The van der Waals surface area contributed by atoms with E-state index in [0.717, 1.165) is 25.8 Å². The first kappa shape index (κ1) is 25.4. The van der Waals surface area contributed by atoms with Crippen molar-refractivity contribution in [2.75, 3.05) is 26.7 Å². The Labute approximate surface area is 164 Å². The number of primary amides is 1. The fraction of sp³-hybridized carbons (Fsp3) is 0.850. The van der Waals surface area contributed by atoms with Crippen LogP contribution in [0.5, 0.6) is 0 Å². The first-order valence-electron chi connectivity index (χ1n) is 10.1. The smallest absolute Gasteiger partial charge is 0.239 e. The lowest BCUT2D eigenvalue weighted by Crippen LogP contribution is -2.43. The standard InChI is InChI=1S/C20H40N4O3/c1-14(2)11-16(5)20(27)24(6)13-18(25)23-12-17(19(21)26)9-7-8-10-22-15(3)4/h14-17,22H,7-13H2,1-6H3,(H2,21,26)(H,23,25)/t16-,17+/m0/s1. The normalized spacial score (nSPS) is 13.5. The largest absolute Gasteiger partial charge is 0.369 e. The molecular formula is C20H40N4O3. The van der Waals surface area contributed by atoms with Crippen LogP contribution in [0.4, 0.5) is 0 Å². The Kier molecular flexibility index (Phi) is 12.7. The average Bonchev–Trinajstić information content (AvgIpc) is 2.55. The zero-order chi connectivity index (χ0) is 21.0. The summed E-state index contributed by atoms with van der Waals surface area (Å²) in [6, 6.07) is 0.444. The van der Waals surface area contributed by atoms with E-state index >= 15 is 0 Å². The monoisotopic (exact) mass is 384 g/mol. The highest BCUT2D eigenvalue weighted by Gasteiger charge is 2.21. The van der Waals surface area contributed by atoms with E-state index in [-0.39, 0.29) is 36.7 Å². The summed E-state index contributed by atoms with van der Waals surface area (Å²) in [7, 11) is 1.63. The van der Waals surface area contributed by atoms with Crippen molar-refractivity contribution in [3.63, 3.8) is 0 Å². The lowest BCUT2D eigenvalue weighted by Gasteiger charge is -2.22. The second-order valence-electron chi connectivity index (χ2n) is 8.23. The quantitative estimate of drug-likeness (QED) is 0.395. The summed E-state index contributed by atoms with van der Waals surface area (Å²) in [4.78, 5) is 37.4. The van der Waals surface area contributed by atoms with E-state index in [2.05, 4.69) is 38.3 Å². The van der Waals surface area contributed by atoms with Crippen molar-refractivity contribution in [1.82, 2.24) is 15.5 Å². The summed E-state index contributed by atoms with van der Waals surface area (Å²) in [5, 5.41) is 6.07. The number of carbonyl (C=O) groups is 3. The third-order valence-corrected chi connectivity index (χ3v) is 4.48. The molecule has 0 saturated carbocycles. The molecule has 0 saturated heterocycles. The van der Waals surface area contributed by atoms with Gasteiger partial charge in [-0.1, -0.05) is 41.0 Å². The number of amides is 3. The topological polar surface area (TPSA) is 105 Å². The van der Waals surface area contributed by atoms with Crippen molar-refractivity contribution in [2.24, 2.45) is 23.5 Å². The lowest BCUT2D eigenvalue weighted by molar-refractivity contribution is -0.138. The molecule has 27 heavy (non-hydrogen) atoms. The number of unbranched alkanes of at least 4 members (excludes halogenated alkanes) is 1. The molecule has 0 spiro atoms. The summed E-state index contributed by atoms with van der Waals surface area (Å²) in [6.45, 7) is 11.3. The summed E-state index contributed by atoms with van der Waals surface area (Å²) in [5.41, 5.74) is 5.45. The van der Waals surface area contributed by atoms with Gasteiger partial charge < -0.3 is 21.3 Å². The van der Waals surface area contributed by atoms with Gasteiger partial charge in [0.25, 0.3) is 0 Å². The number of carbonyl (C=O) groups excluding carboxylic acids is 3. The Bertz CT molecular complexity index is 466. The van der Waals surface area contributed by atoms with Crippen LogP contribution in [0.25, 0.3) is 0 Å². The average molecular weight is 385 g/mol. The van der Waals surface area contributed by atoms with Gasteiger partial charge in [0.2, 0.25) is 17.7 Å². The van der Waals surface area contributed by atoms with Crippen molar-refractivity contribution >= 4 is 17.7 Å². The highest BCUT2D eigenvalue weighted by Crippen LogP contribution is 2.13. The molecule has 0 aliphatic heterocycles. The maximum atomic E-state index is 12.3. The molecule has 3 amide bonds. The van der Waals surface area contributed by atoms with Gasteiger partial charge in [-0.05, 0) is 31.7 Å². The Balaban J connectivity index is 4.26. The van der Waals surface area contributed by atoms with Crippen LogP contribution in [0.2, 0.25) is 0 Å². The van der Waals surface area contributed by atoms with Crippen molar-refractivity contribution in [2.45, 2.75) is 66.3 Å². The minimum absolute atomic E-state index is 0.00887. The van der Waals surface area contributed by atoms with Crippen LogP contribution in [0, 0.1) is 17.8 Å². The van der Waals surface area contributed by atoms with Crippen LogP contribution < -0.4 is 16.4 Å². The van der Waals surface area contributed by atoms with Gasteiger partial charge in [-0.2, -0.15) is 0 Å². The summed E-state index contributed by atoms with van der Waals surface area (Å²) in [5.74, 6) is -0.770. The number of likely N-dealkylation sites (N-methyl/N-ethyl adjacent to an activating group) is 1. The van der Waals surface area contributed by atoms with Gasteiger partial charge in [0, 0.05) is 25.6 Å². The maximum Gasteiger partial charge on any atom is 0.239 e. The Morgan fingerprint density at radius 2 is 1.67 bits per heavy atom. The van der Waals surface area contributed by atoms with Crippen LogP contribution in [-0.2, 0) is 14.4 Å². The first-order chi connectivity index (χ1) is 12.5. The van der Waals surface area contributed by atoms with E-state index in [9.17, 15) is 14.4 Å². The fourth-order valence-electron chi connectivity index (χ4n) is 3.02. The molecule has 158 valence electrons. The van der Waals surface area contributed by atoms with E-state index in [1.165, 1.54) is 4.90 Å². The predicted octanol–water partition coefficient (Wildman–Crippen LogP) is 1.51. The molecular weight excluding hydrogens is 344 g/mol. The number of nitrogens with one attached hydrogen (secondary N) is 2. The van der Waals surface area contributed by atoms with Crippen molar-refractivity contribution < 1.29 is 14.4 Å². The summed E-state index contributed by atoms with van der Waals surface area (Å²) >= 11 is 0. The van der Waals surface area contributed by atoms with Crippen molar-refractivity contribution in [1.29, 1.82) is 0 Å². The molecule has 0 aromatic carbocycles. The molecule has 0 aromatic heterocycles. The van der Waals surface area contributed by atoms with Gasteiger partial charge in [0.15, 0.2) is 0 Å². The van der Waals surface area contributed by atoms with E-state index in [1.54, 1.807) is 7.05 Å². The Morgan fingerprint density at radius 3 is 2.19 bits per heavy atom. The van der Waals surface area contributed by atoms with Gasteiger partial charge in [-0.15, -0.1) is 0 Å². The fourth-order valence-corrected chi connectivity index (χ4v) is 3.02. The number of hydrogen-bond acceptors (Lipinski definition) is 4. The minimum Gasteiger partial charge on any atom is -0.369 e. The number of nitrogens with two attached hydrogens (primary N) is 1. The zero-order valence-corrected chi connectivity index (χ0v) is 18.0. The molecule has 4 N–H and O–H groups in total. The molecule has 0 fully saturated rings. The molecule has 0 aliphatic rings. The zero-order valence-electron chi connectivity index (χ0n) is 18.0. The summed E-state index contributed by atoms with van der Waals surface area (Å²) in [6.07, 6.45) is 3.27. The van der Waals surface area contributed by atoms with E-state index < -0.39 is 5.91 Å². The number of rotatable bonds is 14. The Hall–Kier alpha value is -1.63. The van der Waals surface area contributed by atoms with Gasteiger partial charge in [0.1, 0.15) is 0 Å². The Morgan fingerprint density at radius 1 is 1.04 bits per heavy atom. The third-order valence-electron chi connectivity index (χ3n) is 4.48. The van der Waals surface area contributed by atoms with E-state index in [4.69, 9.17) is 5.73 Å². The van der Waals surface area contributed by atoms with Crippen molar-refractivity contribution in [3.05, 3.63) is 0 Å². The van der Waals surface area contributed by atoms with Gasteiger partial charge >= 0.3 is 0 Å². The van der Waals surface area contributed by atoms with Crippen LogP contribution in [-0.4, -0.2) is 55.3 Å². The van der Waals surface area contributed by atoms with E-state index in [0.29, 0.717) is 18.4 Å². The molecule has 7 heteroatoms. The molecule has 0 unspecified atom stereocenters. The molecule has 7 nitrogen and oxygen atoms in total. The van der Waals surface area contributed by atoms with E-state index in [1.807, 2.05) is 6.92 Å². The van der Waals surface area contributed by atoms with Gasteiger partial charge in [-0.3, -0.25) is 14.4 Å². The number of nitrogens with zero attached hydrogens (tertiary/aromatic N) is 1. The number of hydrogen-bond donors (Lipinski definition) is 3. The molecule has 0 radical (unpaired) electrons. The first-order valence-corrected chi connectivity index (χ1v) is 10.1. The summed E-state index contributed by atoms with van der Waals surface area (Å²) < 4.78 is 0. The van der Waals surface area contributed by atoms with Crippen LogP contribution in [0.1, 0.15) is 60.3 Å². The highest BCUT2D eigenvalue weighted by atomic mass is 16.2.